The average molecular weight is 327 g/mol. The lowest BCUT2D eigenvalue weighted by Gasteiger charge is -2.27. The van der Waals surface area contributed by atoms with Gasteiger partial charge in [0.1, 0.15) is 0 Å². The highest BCUT2D eigenvalue weighted by Gasteiger charge is 2.22. The molecule has 1 aliphatic rings. The van der Waals surface area contributed by atoms with Gasteiger partial charge in [-0.05, 0) is 48.8 Å². The van der Waals surface area contributed by atoms with Crippen LogP contribution >= 0.6 is 0 Å². The molecule has 1 aromatic carbocycles. The first-order chi connectivity index (χ1) is 11.5. The standard InChI is InChI=1S/C19H25N3O2/c1-12(2)15-8-7-14-5-4-6-18(17(14)10-15)21-19(23)20-11-16-9-13(3)22-24-16/h7-10,12,18H,4-6,11H2,1-3H3,(H2,20,21,23)/t18-/m1/s1. The first-order valence-electron chi connectivity index (χ1n) is 8.62. The summed E-state index contributed by atoms with van der Waals surface area (Å²) in [5.41, 5.74) is 4.74. The first kappa shape index (κ1) is 16.6. The smallest absolute Gasteiger partial charge is 0.315 e. The van der Waals surface area contributed by atoms with Gasteiger partial charge in [0, 0.05) is 6.07 Å². The molecular formula is C19H25N3O2. The predicted octanol–water partition coefficient (Wildman–Crippen LogP) is 3.98. The van der Waals surface area contributed by atoms with Crippen molar-refractivity contribution in [3.05, 3.63) is 52.4 Å². The summed E-state index contributed by atoms with van der Waals surface area (Å²) in [4.78, 5) is 12.2. The molecule has 0 saturated heterocycles. The molecule has 1 atom stereocenters. The van der Waals surface area contributed by atoms with Crippen molar-refractivity contribution in [3.63, 3.8) is 0 Å². The van der Waals surface area contributed by atoms with Crippen molar-refractivity contribution in [3.8, 4) is 0 Å². The van der Waals surface area contributed by atoms with Gasteiger partial charge < -0.3 is 15.2 Å². The Balaban J connectivity index is 1.65. The molecule has 0 aliphatic heterocycles. The Bertz CT molecular complexity index is 721. The SMILES string of the molecule is Cc1cc(CNC(=O)N[C@@H]2CCCc3ccc(C(C)C)cc32)on1. The van der Waals surface area contributed by atoms with Gasteiger partial charge in [-0.1, -0.05) is 37.2 Å². The monoisotopic (exact) mass is 327 g/mol. The zero-order valence-corrected chi connectivity index (χ0v) is 14.6. The number of rotatable bonds is 4. The molecule has 5 nitrogen and oxygen atoms in total. The van der Waals surface area contributed by atoms with Crippen LogP contribution in [0.15, 0.2) is 28.8 Å². The van der Waals surface area contributed by atoms with Gasteiger partial charge in [0.25, 0.3) is 0 Å². The van der Waals surface area contributed by atoms with Crippen LogP contribution in [0.25, 0.3) is 0 Å². The van der Waals surface area contributed by atoms with E-state index < -0.39 is 0 Å². The van der Waals surface area contributed by atoms with Crippen LogP contribution < -0.4 is 10.6 Å². The molecule has 0 spiro atoms. The number of hydrogen-bond donors (Lipinski definition) is 2. The summed E-state index contributed by atoms with van der Waals surface area (Å²) in [6.07, 6.45) is 3.16. The van der Waals surface area contributed by atoms with Crippen molar-refractivity contribution < 1.29 is 9.32 Å². The highest BCUT2D eigenvalue weighted by atomic mass is 16.5. The molecule has 0 fully saturated rings. The van der Waals surface area contributed by atoms with E-state index in [2.05, 4.69) is 47.8 Å². The molecule has 1 aromatic heterocycles. The molecule has 2 amide bonds. The third kappa shape index (κ3) is 3.78. The molecular weight excluding hydrogens is 302 g/mol. The number of carbonyl (C=O) groups excluding carboxylic acids is 1. The van der Waals surface area contributed by atoms with Crippen molar-refractivity contribution in [2.24, 2.45) is 0 Å². The number of carbonyl (C=O) groups is 1. The fourth-order valence-electron chi connectivity index (χ4n) is 3.20. The molecule has 0 unspecified atom stereocenters. The minimum Gasteiger partial charge on any atom is -0.359 e. The van der Waals surface area contributed by atoms with Crippen LogP contribution in [0, 0.1) is 6.92 Å². The van der Waals surface area contributed by atoms with Gasteiger partial charge in [0.05, 0.1) is 18.3 Å². The summed E-state index contributed by atoms with van der Waals surface area (Å²) < 4.78 is 5.11. The summed E-state index contributed by atoms with van der Waals surface area (Å²) in [6, 6.07) is 8.40. The summed E-state index contributed by atoms with van der Waals surface area (Å²) in [5.74, 6) is 1.15. The fraction of sp³-hybridized carbons (Fsp3) is 0.474. The number of aryl methyl sites for hydroxylation is 2. The van der Waals surface area contributed by atoms with Crippen LogP contribution in [0.2, 0.25) is 0 Å². The van der Waals surface area contributed by atoms with E-state index >= 15 is 0 Å². The molecule has 2 N–H and O–H groups in total. The number of hydrogen-bond acceptors (Lipinski definition) is 3. The second-order valence-electron chi connectivity index (χ2n) is 6.82. The van der Waals surface area contributed by atoms with Crippen LogP contribution in [0.4, 0.5) is 4.79 Å². The normalized spacial score (nSPS) is 16.8. The number of aromatic nitrogens is 1. The maximum atomic E-state index is 12.2. The molecule has 128 valence electrons. The minimum atomic E-state index is -0.170. The van der Waals surface area contributed by atoms with E-state index in [1.54, 1.807) is 0 Å². The van der Waals surface area contributed by atoms with E-state index in [0.29, 0.717) is 18.2 Å². The number of fused-ring (bicyclic) bond motifs is 1. The zero-order valence-electron chi connectivity index (χ0n) is 14.6. The summed E-state index contributed by atoms with van der Waals surface area (Å²) in [6.45, 7) is 6.59. The van der Waals surface area contributed by atoms with E-state index in [9.17, 15) is 4.79 Å². The Morgan fingerprint density at radius 3 is 2.92 bits per heavy atom. The quantitative estimate of drug-likeness (QED) is 0.892. The van der Waals surface area contributed by atoms with Gasteiger partial charge in [0.2, 0.25) is 0 Å². The molecule has 1 aliphatic carbocycles. The molecule has 5 heteroatoms. The zero-order chi connectivity index (χ0) is 17.1. The number of nitrogens with one attached hydrogen (secondary N) is 2. The number of benzene rings is 1. The second kappa shape index (κ2) is 7.07. The Kier molecular flexibility index (Phi) is 4.88. The highest BCUT2D eigenvalue weighted by Crippen LogP contribution is 2.32. The first-order valence-corrected chi connectivity index (χ1v) is 8.62. The molecule has 0 radical (unpaired) electrons. The Morgan fingerprint density at radius 2 is 2.21 bits per heavy atom. The summed E-state index contributed by atoms with van der Waals surface area (Å²) >= 11 is 0. The molecule has 0 saturated carbocycles. The Morgan fingerprint density at radius 1 is 1.38 bits per heavy atom. The number of nitrogens with zero attached hydrogens (tertiary/aromatic N) is 1. The van der Waals surface area contributed by atoms with Crippen LogP contribution in [-0.4, -0.2) is 11.2 Å². The van der Waals surface area contributed by atoms with E-state index in [4.69, 9.17) is 4.52 Å². The number of urea groups is 1. The van der Waals surface area contributed by atoms with Crippen molar-refractivity contribution >= 4 is 6.03 Å². The van der Waals surface area contributed by atoms with E-state index in [0.717, 1.165) is 25.0 Å². The van der Waals surface area contributed by atoms with E-state index in [1.165, 1.54) is 16.7 Å². The maximum Gasteiger partial charge on any atom is 0.315 e. The van der Waals surface area contributed by atoms with Crippen LogP contribution in [0.1, 0.15) is 66.8 Å². The van der Waals surface area contributed by atoms with Crippen molar-refractivity contribution in [2.75, 3.05) is 0 Å². The van der Waals surface area contributed by atoms with Gasteiger partial charge in [-0.3, -0.25) is 0 Å². The predicted molar refractivity (Wildman–Crippen MR) is 92.8 cm³/mol. The largest absolute Gasteiger partial charge is 0.359 e. The van der Waals surface area contributed by atoms with Crippen LogP contribution in [0.5, 0.6) is 0 Å². The third-order valence-electron chi connectivity index (χ3n) is 4.56. The molecule has 2 aromatic rings. The van der Waals surface area contributed by atoms with Gasteiger partial charge in [-0.2, -0.15) is 0 Å². The van der Waals surface area contributed by atoms with Crippen LogP contribution in [-0.2, 0) is 13.0 Å². The lowest BCUT2D eigenvalue weighted by Crippen LogP contribution is -2.38. The third-order valence-corrected chi connectivity index (χ3v) is 4.56. The number of amides is 2. The fourth-order valence-corrected chi connectivity index (χ4v) is 3.20. The molecule has 24 heavy (non-hydrogen) atoms. The molecule has 0 bridgehead atoms. The van der Waals surface area contributed by atoms with Gasteiger partial charge in [0.15, 0.2) is 5.76 Å². The van der Waals surface area contributed by atoms with Crippen LogP contribution in [0.3, 0.4) is 0 Å². The van der Waals surface area contributed by atoms with Crippen molar-refractivity contribution in [1.82, 2.24) is 15.8 Å². The maximum absolute atomic E-state index is 12.2. The Hall–Kier alpha value is -2.30. The van der Waals surface area contributed by atoms with Gasteiger partial charge in [-0.15, -0.1) is 0 Å². The summed E-state index contributed by atoms with van der Waals surface area (Å²) in [7, 11) is 0. The van der Waals surface area contributed by atoms with E-state index in [-0.39, 0.29) is 12.1 Å². The molecule has 1 heterocycles. The van der Waals surface area contributed by atoms with Crippen molar-refractivity contribution in [2.45, 2.75) is 58.5 Å². The highest BCUT2D eigenvalue weighted by molar-refractivity contribution is 5.74. The second-order valence-corrected chi connectivity index (χ2v) is 6.82. The molecule has 3 rings (SSSR count). The Labute approximate surface area is 142 Å². The van der Waals surface area contributed by atoms with Crippen molar-refractivity contribution in [1.29, 1.82) is 0 Å². The van der Waals surface area contributed by atoms with E-state index in [1.807, 2.05) is 13.0 Å². The lowest BCUT2D eigenvalue weighted by atomic mass is 9.85. The topological polar surface area (TPSA) is 67.2 Å². The van der Waals surface area contributed by atoms with Gasteiger partial charge >= 0.3 is 6.03 Å². The summed E-state index contributed by atoms with van der Waals surface area (Å²) in [5, 5.41) is 9.77. The van der Waals surface area contributed by atoms with Gasteiger partial charge in [-0.25, -0.2) is 4.79 Å². The average Bonchev–Trinajstić information content (AvgIpc) is 2.98. The minimum absolute atomic E-state index is 0.0731. The lowest BCUT2D eigenvalue weighted by molar-refractivity contribution is 0.233.